The van der Waals surface area contributed by atoms with E-state index in [1.54, 1.807) is 6.92 Å². The Kier molecular flexibility index (Phi) is 5.58. The molecule has 0 heterocycles. The molecule has 6 heteroatoms. The zero-order valence-electron chi connectivity index (χ0n) is 8.97. The highest BCUT2D eigenvalue weighted by Gasteiger charge is 2.31. The topological polar surface area (TPSA) is 81.8 Å². The molecule has 0 aliphatic carbocycles. The molecule has 0 amide bonds. The fourth-order valence-corrected chi connectivity index (χ4v) is 0.686. The van der Waals surface area contributed by atoms with Crippen LogP contribution in [0.2, 0.25) is 0 Å². The maximum absolute atomic E-state index is 11.4. The number of ether oxygens (including phenoxy) is 1. The molecule has 1 atom stereocenters. The third-order valence-electron chi connectivity index (χ3n) is 1.97. The van der Waals surface area contributed by atoms with Crippen LogP contribution < -0.4 is 0 Å². The number of allylic oxidation sites excluding steroid dienone is 1. The number of nitrogens with zero attached hydrogens (tertiary/aromatic N) is 1. The summed E-state index contributed by atoms with van der Waals surface area (Å²) in [5.74, 6) is -0.567. The van der Waals surface area contributed by atoms with Crippen molar-refractivity contribution >= 4 is 12.2 Å². The molecule has 86 valence electrons. The van der Waals surface area contributed by atoms with Crippen LogP contribution in [0.1, 0.15) is 20.3 Å². The number of hydrogen-bond acceptors (Lipinski definition) is 5. The van der Waals surface area contributed by atoms with E-state index in [1.807, 2.05) is 0 Å². The molecule has 0 aliphatic rings. The van der Waals surface area contributed by atoms with E-state index in [2.05, 4.69) is 9.62 Å². The summed E-state index contributed by atoms with van der Waals surface area (Å²) in [6.07, 6.45) is 3.65. The molecule has 0 aromatic rings. The molecule has 0 aromatic heterocycles. The first-order valence-electron chi connectivity index (χ1n) is 4.38. The number of hydrogen-bond donors (Lipinski definition) is 1. The molecule has 0 spiro atoms. The zero-order chi connectivity index (χ0) is 11.9. The van der Waals surface area contributed by atoms with Gasteiger partial charge in [-0.2, -0.15) is 9.63 Å². The lowest BCUT2D eigenvalue weighted by Gasteiger charge is -2.22. The van der Waals surface area contributed by atoms with E-state index in [1.165, 1.54) is 20.1 Å². The summed E-state index contributed by atoms with van der Waals surface area (Å²) >= 11 is 0. The summed E-state index contributed by atoms with van der Waals surface area (Å²) in [5.41, 5.74) is -1.35. The van der Waals surface area contributed by atoms with Crippen LogP contribution in [0.15, 0.2) is 12.2 Å². The smallest absolute Gasteiger partial charge is 0.330 e. The van der Waals surface area contributed by atoms with Crippen LogP contribution in [-0.2, 0) is 14.4 Å². The van der Waals surface area contributed by atoms with Crippen molar-refractivity contribution < 1.29 is 24.4 Å². The van der Waals surface area contributed by atoms with E-state index < -0.39 is 11.7 Å². The Labute approximate surface area is 87.9 Å². The molecule has 1 N–H and O–H groups in total. The summed E-state index contributed by atoms with van der Waals surface area (Å²) in [5, 5.41) is 19.9. The average Bonchev–Trinajstić information content (AvgIpc) is 2.27. The van der Waals surface area contributed by atoms with Gasteiger partial charge in [0.25, 0.3) is 0 Å². The number of esters is 1. The maximum Gasteiger partial charge on any atom is 0.330 e. The van der Waals surface area contributed by atoms with E-state index in [9.17, 15) is 10.0 Å². The van der Waals surface area contributed by atoms with Gasteiger partial charge in [0.1, 0.15) is 0 Å². The van der Waals surface area contributed by atoms with Gasteiger partial charge in [-0.3, -0.25) is 0 Å². The van der Waals surface area contributed by atoms with Crippen LogP contribution in [0.3, 0.4) is 0 Å². The predicted octanol–water partition coefficient (Wildman–Crippen LogP) is 0.913. The summed E-state index contributed by atoms with van der Waals surface area (Å²) < 4.78 is 4.73. The number of carbonyl (C=O) groups excluding carboxylic acids is 1. The maximum atomic E-state index is 11.4. The van der Waals surface area contributed by atoms with Crippen molar-refractivity contribution in [2.24, 2.45) is 0 Å². The lowest BCUT2D eigenvalue weighted by molar-refractivity contribution is -0.648. The standard InChI is InChI=1S/C9H15NO5/c1-4-9(2,15-13)10(12)7-5-6-8(11)14-3/h5-7,13H,4H2,1-3H3/b6-5-,10-7+. The van der Waals surface area contributed by atoms with Crippen LogP contribution >= 0.6 is 0 Å². The van der Waals surface area contributed by atoms with E-state index in [0.29, 0.717) is 4.74 Å². The molecule has 0 bridgehead atoms. The highest BCUT2D eigenvalue weighted by molar-refractivity contribution is 5.86. The quantitative estimate of drug-likeness (QED) is 0.108. The van der Waals surface area contributed by atoms with E-state index in [-0.39, 0.29) is 6.42 Å². The molecule has 0 saturated heterocycles. The number of methoxy groups -OCH3 is 1. The largest absolute Gasteiger partial charge is 0.622 e. The van der Waals surface area contributed by atoms with Gasteiger partial charge in [0.05, 0.1) is 7.11 Å². The number of hydroxylamine groups is 1. The van der Waals surface area contributed by atoms with E-state index in [0.717, 1.165) is 12.3 Å². The summed E-state index contributed by atoms with van der Waals surface area (Å²) in [6.45, 7) is 3.10. The molecule has 6 nitrogen and oxygen atoms in total. The van der Waals surface area contributed by atoms with Gasteiger partial charge in [-0.05, 0) is 0 Å². The third-order valence-corrected chi connectivity index (χ3v) is 1.97. The fraction of sp³-hybridized carbons (Fsp3) is 0.556. The van der Waals surface area contributed by atoms with Crippen molar-refractivity contribution in [3.63, 3.8) is 0 Å². The van der Waals surface area contributed by atoms with Crippen LogP contribution in [0.4, 0.5) is 0 Å². The zero-order valence-corrected chi connectivity index (χ0v) is 8.97. The van der Waals surface area contributed by atoms with E-state index >= 15 is 0 Å². The van der Waals surface area contributed by atoms with Crippen molar-refractivity contribution in [2.45, 2.75) is 26.0 Å². The second kappa shape index (κ2) is 6.15. The van der Waals surface area contributed by atoms with Crippen LogP contribution in [-0.4, -0.2) is 35.0 Å². The normalized spacial score (nSPS) is 16.4. The third kappa shape index (κ3) is 4.09. The van der Waals surface area contributed by atoms with Gasteiger partial charge < -0.3 is 9.94 Å². The molecule has 0 aliphatic heterocycles. The lowest BCUT2D eigenvalue weighted by Crippen LogP contribution is -2.38. The molecule has 0 radical (unpaired) electrons. The van der Waals surface area contributed by atoms with Crippen molar-refractivity contribution in [1.82, 2.24) is 0 Å². The Morgan fingerprint density at radius 3 is 2.67 bits per heavy atom. The van der Waals surface area contributed by atoms with Crippen molar-refractivity contribution in [1.29, 1.82) is 0 Å². The molecular weight excluding hydrogens is 202 g/mol. The Morgan fingerprint density at radius 1 is 1.67 bits per heavy atom. The van der Waals surface area contributed by atoms with Crippen molar-refractivity contribution in [3.8, 4) is 0 Å². The molecular formula is C9H15NO5. The number of carbonyl (C=O) groups is 1. The van der Waals surface area contributed by atoms with Crippen LogP contribution in [0.25, 0.3) is 0 Å². The van der Waals surface area contributed by atoms with Gasteiger partial charge in [0, 0.05) is 25.5 Å². The lowest BCUT2D eigenvalue weighted by atomic mass is 10.2. The van der Waals surface area contributed by atoms with Gasteiger partial charge >= 0.3 is 11.7 Å². The predicted molar refractivity (Wildman–Crippen MR) is 53.3 cm³/mol. The number of rotatable bonds is 5. The average molecular weight is 217 g/mol. The molecule has 1 unspecified atom stereocenters. The second-order valence-electron chi connectivity index (χ2n) is 2.98. The van der Waals surface area contributed by atoms with Gasteiger partial charge in [-0.25, -0.2) is 10.1 Å². The van der Waals surface area contributed by atoms with Gasteiger partial charge in [0.2, 0.25) is 0 Å². The SMILES string of the molecule is CCC(C)(OO)/[N+]([O-])=C\C=C/C(=O)OC. The van der Waals surface area contributed by atoms with Crippen molar-refractivity contribution in [2.75, 3.05) is 7.11 Å². The molecule has 0 saturated carbocycles. The van der Waals surface area contributed by atoms with Crippen molar-refractivity contribution in [3.05, 3.63) is 17.4 Å². The summed E-state index contributed by atoms with van der Waals surface area (Å²) in [7, 11) is 1.23. The fourth-order valence-electron chi connectivity index (χ4n) is 0.686. The molecule has 0 rings (SSSR count). The van der Waals surface area contributed by atoms with Crippen LogP contribution in [0.5, 0.6) is 0 Å². The Balaban J connectivity index is 4.55. The first kappa shape index (κ1) is 13.6. The minimum absolute atomic E-state index is 0.287. The first-order chi connectivity index (χ1) is 7.00. The van der Waals surface area contributed by atoms with Gasteiger partial charge in [0.15, 0.2) is 6.21 Å². The Bertz CT molecular complexity index is 268. The molecule has 0 aromatic carbocycles. The van der Waals surface area contributed by atoms with E-state index in [4.69, 9.17) is 5.26 Å². The second-order valence-corrected chi connectivity index (χ2v) is 2.98. The summed E-state index contributed by atoms with van der Waals surface area (Å²) in [4.78, 5) is 14.7. The minimum atomic E-state index is -1.35. The minimum Gasteiger partial charge on any atom is -0.622 e. The van der Waals surface area contributed by atoms with Gasteiger partial charge in [-0.1, -0.05) is 6.92 Å². The van der Waals surface area contributed by atoms with Gasteiger partial charge in [-0.15, -0.1) is 0 Å². The monoisotopic (exact) mass is 217 g/mol. The highest BCUT2D eigenvalue weighted by Crippen LogP contribution is 2.13. The Morgan fingerprint density at radius 2 is 2.27 bits per heavy atom. The van der Waals surface area contributed by atoms with Crippen LogP contribution in [0, 0.1) is 5.21 Å². The molecule has 0 fully saturated rings. The summed E-state index contributed by atoms with van der Waals surface area (Å²) in [6, 6.07) is 0. The molecule has 15 heavy (non-hydrogen) atoms. The highest BCUT2D eigenvalue weighted by atomic mass is 17.1. The Hall–Kier alpha value is -1.40. The first-order valence-corrected chi connectivity index (χ1v) is 4.38.